The predicted octanol–water partition coefficient (Wildman–Crippen LogP) is 1.86. The molecule has 0 radical (unpaired) electrons. The van der Waals surface area contributed by atoms with E-state index >= 15 is 0 Å². The molecule has 98 valence electrons. The van der Waals surface area contributed by atoms with Crippen molar-refractivity contribution in [2.45, 2.75) is 31.9 Å². The predicted molar refractivity (Wildman–Crippen MR) is 69.2 cm³/mol. The SMILES string of the molecule is CC(=O)N[C@@H](Cc1ccccc1)C(=O)OC(C)Cl. The molecule has 0 aliphatic rings. The number of rotatable bonds is 5. The van der Waals surface area contributed by atoms with Crippen LogP contribution < -0.4 is 5.32 Å². The van der Waals surface area contributed by atoms with Crippen LogP contribution >= 0.6 is 11.6 Å². The zero-order valence-electron chi connectivity index (χ0n) is 10.4. The van der Waals surface area contributed by atoms with E-state index in [4.69, 9.17) is 16.3 Å². The number of benzene rings is 1. The topological polar surface area (TPSA) is 55.4 Å². The minimum Gasteiger partial charge on any atom is -0.445 e. The second-order valence-electron chi connectivity index (χ2n) is 3.92. The lowest BCUT2D eigenvalue weighted by Crippen LogP contribution is -2.42. The first-order valence-electron chi connectivity index (χ1n) is 5.64. The fourth-order valence-corrected chi connectivity index (χ4v) is 1.62. The summed E-state index contributed by atoms with van der Waals surface area (Å²) in [5.74, 6) is -0.813. The smallest absolute Gasteiger partial charge is 0.330 e. The van der Waals surface area contributed by atoms with Gasteiger partial charge in [0.25, 0.3) is 0 Å². The van der Waals surface area contributed by atoms with Gasteiger partial charge in [-0.3, -0.25) is 4.79 Å². The Kier molecular flexibility index (Phi) is 5.65. The number of hydrogen-bond donors (Lipinski definition) is 1. The van der Waals surface area contributed by atoms with Crippen molar-refractivity contribution in [2.75, 3.05) is 0 Å². The Bertz CT molecular complexity index is 406. The third-order valence-corrected chi connectivity index (χ3v) is 2.31. The number of ether oxygens (including phenoxy) is 1. The Morgan fingerprint density at radius 1 is 1.33 bits per heavy atom. The third kappa shape index (κ3) is 5.19. The lowest BCUT2D eigenvalue weighted by Gasteiger charge is -2.17. The fraction of sp³-hybridized carbons (Fsp3) is 0.385. The van der Waals surface area contributed by atoms with E-state index in [1.54, 1.807) is 6.92 Å². The van der Waals surface area contributed by atoms with E-state index in [0.29, 0.717) is 6.42 Å². The quantitative estimate of drug-likeness (QED) is 0.656. The van der Waals surface area contributed by atoms with Gasteiger partial charge >= 0.3 is 5.97 Å². The van der Waals surface area contributed by atoms with Crippen molar-refractivity contribution in [2.24, 2.45) is 0 Å². The maximum Gasteiger partial charge on any atom is 0.330 e. The second-order valence-corrected chi connectivity index (χ2v) is 4.54. The minimum absolute atomic E-state index is 0.282. The van der Waals surface area contributed by atoms with Crippen molar-refractivity contribution in [3.05, 3.63) is 35.9 Å². The maximum atomic E-state index is 11.8. The van der Waals surface area contributed by atoms with Crippen molar-refractivity contribution < 1.29 is 14.3 Å². The molecule has 1 unspecified atom stereocenters. The van der Waals surface area contributed by atoms with Crippen LogP contribution in [0.3, 0.4) is 0 Å². The summed E-state index contributed by atoms with van der Waals surface area (Å²) in [4.78, 5) is 22.9. The van der Waals surface area contributed by atoms with E-state index < -0.39 is 17.6 Å². The monoisotopic (exact) mass is 269 g/mol. The van der Waals surface area contributed by atoms with E-state index in [2.05, 4.69) is 5.32 Å². The van der Waals surface area contributed by atoms with Crippen LogP contribution in [0.5, 0.6) is 0 Å². The number of alkyl halides is 1. The Labute approximate surface area is 111 Å². The van der Waals surface area contributed by atoms with E-state index in [1.807, 2.05) is 30.3 Å². The van der Waals surface area contributed by atoms with Gasteiger partial charge in [-0.25, -0.2) is 4.79 Å². The summed E-state index contributed by atoms with van der Waals surface area (Å²) in [6, 6.07) is 8.67. The summed E-state index contributed by atoms with van der Waals surface area (Å²) < 4.78 is 4.90. The fourth-order valence-electron chi connectivity index (χ4n) is 1.53. The van der Waals surface area contributed by atoms with Crippen molar-refractivity contribution in [1.29, 1.82) is 0 Å². The summed E-state index contributed by atoms with van der Waals surface area (Å²) in [6.45, 7) is 2.90. The molecule has 0 bridgehead atoms. The molecular formula is C13H16ClNO3. The molecule has 1 aromatic rings. The molecule has 1 rings (SSSR count). The number of nitrogens with one attached hydrogen (secondary N) is 1. The summed E-state index contributed by atoms with van der Waals surface area (Å²) >= 11 is 5.60. The van der Waals surface area contributed by atoms with Crippen LogP contribution in [0.25, 0.3) is 0 Å². The molecule has 4 nitrogen and oxygen atoms in total. The van der Waals surface area contributed by atoms with E-state index in [0.717, 1.165) is 5.56 Å². The van der Waals surface area contributed by atoms with Gasteiger partial charge in [-0.2, -0.15) is 0 Å². The molecule has 1 amide bonds. The highest BCUT2D eigenvalue weighted by atomic mass is 35.5. The summed E-state index contributed by atoms with van der Waals surface area (Å²) in [6.07, 6.45) is 0.378. The van der Waals surface area contributed by atoms with Gasteiger partial charge in [0.2, 0.25) is 5.91 Å². The highest BCUT2D eigenvalue weighted by Crippen LogP contribution is 2.07. The Morgan fingerprint density at radius 2 is 1.94 bits per heavy atom. The summed E-state index contributed by atoms with van der Waals surface area (Å²) in [5, 5.41) is 2.56. The van der Waals surface area contributed by atoms with Gasteiger partial charge in [-0.1, -0.05) is 41.9 Å². The molecule has 0 saturated heterocycles. The molecule has 0 aromatic heterocycles. The molecule has 0 aliphatic heterocycles. The molecule has 0 saturated carbocycles. The Morgan fingerprint density at radius 3 is 2.44 bits per heavy atom. The zero-order chi connectivity index (χ0) is 13.5. The molecule has 0 fully saturated rings. The number of carbonyl (C=O) groups excluding carboxylic acids is 2. The van der Waals surface area contributed by atoms with E-state index in [1.165, 1.54) is 6.92 Å². The largest absolute Gasteiger partial charge is 0.445 e. The molecule has 18 heavy (non-hydrogen) atoms. The van der Waals surface area contributed by atoms with Gasteiger partial charge in [-0.15, -0.1) is 0 Å². The van der Waals surface area contributed by atoms with Gasteiger partial charge in [-0.05, 0) is 12.5 Å². The normalized spacial score (nSPS) is 13.5. The minimum atomic E-state index is -0.718. The molecule has 1 aromatic carbocycles. The number of hydrogen-bond acceptors (Lipinski definition) is 3. The highest BCUT2D eigenvalue weighted by molar-refractivity contribution is 6.20. The van der Waals surface area contributed by atoms with Crippen molar-refractivity contribution in [3.8, 4) is 0 Å². The van der Waals surface area contributed by atoms with Gasteiger partial charge in [0.15, 0.2) is 5.56 Å². The lowest BCUT2D eigenvalue weighted by molar-refractivity contribution is -0.148. The molecule has 2 atom stereocenters. The van der Waals surface area contributed by atoms with Crippen molar-refractivity contribution >= 4 is 23.5 Å². The van der Waals surface area contributed by atoms with E-state index in [-0.39, 0.29) is 5.91 Å². The third-order valence-electron chi connectivity index (χ3n) is 2.22. The summed E-state index contributed by atoms with van der Waals surface area (Å²) in [5.41, 5.74) is 0.222. The van der Waals surface area contributed by atoms with Crippen LogP contribution in [0.4, 0.5) is 0 Å². The number of esters is 1. The first kappa shape index (κ1) is 14.5. The second kappa shape index (κ2) is 7.01. The van der Waals surface area contributed by atoms with Crippen LogP contribution in [-0.2, 0) is 20.7 Å². The van der Waals surface area contributed by atoms with Crippen LogP contribution in [-0.4, -0.2) is 23.5 Å². The van der Waals surface area contributed by atoms with Crippen LogP contribution in [0.2, 0.25) is 0 Å². The zero-order valence-corrected chi connectivity index (χ0v) is 11.1. The number of halogens is 1. The average molecular weight is 270 g/mol. The molecular weight excluding hydrogens is 254 g/mol. The molecule has 0 aliphatic carbocycles. The van der Waals surface area contributed by atoms with Crippen LogP contribution in [0.15, 0.2) is 30.3 Å². The van der Waals surface area contributed by atoms with Gasteiger partial charge < -0.3 is 10.1 Å². The maximum absolute atomic E-state index is 11.8. The lowest BCUT2D eigenvalue weighted by atomic mass is 10.1. The molecule has 5 heteroatoms. The van der Waals surface area contributed by atoms with Crippen molar-refractivity contribution in [1.82, 2.24) is 5.32 Å². The molecule has 0 spiro atoms. The first-order chi connectivity index (χ1) is 8.49. The number of amides is 1. The molecule has 1 N–H and O–H groups in total. The highest BCUT2D eigenvalue weighted by Gasteiger charge is 2.22. The average Bonchev–Trinajstić information content (AvgIpc) is 2.28. The Balaban J connectivity index is 2.72. The Hall–Kier alpha value is -1.55. The van der Waals surface area contributed by atoms with Crippen LogP contribution in [0, 0.1) is 0 Å². The van der Waals surface area contributed by atoms with Gasteiger partial charge in [0, 0.05) is 13.3 Å². The van der Waals surface area contributed by atoms with Gasteiger partial charge in [0.05, 0.1) is 0 Å². The number of carbonyl (C=O) groups is 2. The van der Waals surface area contributed by atoms with Crippen LogP contribution in [0.1, 0.15) is 19.4 Å². The first-order valence-corrected chi connectivity index (χ1v) is 6.08. The van der Waals surface area contributed by atoms with Crippen molar-refractivity contribution in [3.63, 3.8) is 0 Å². The standard InChI is InChI=1S/C13H16ClNO3/c1-9(14)18-13(17)12(15-10(2)16)8-11-6-4-3-5-7-11/h3-7,9,12H,8H2,1-2H3,(H,15,16)/t9?,12-/m0/s1. The van der Waals surface area contributed by atoms with E-state index in [9.17, 15) is 9.59 Å². The molecule has 0 heterocycles. The summed E-state index contributed by atoms with van der Waals surface area (Å²) in [7, 11) is 0. The van der Waals surface area contributed by atoms with Gasteiger partial charge in [0.1, 0.15) is 6.04 Å².